The Labute approximate surface area is 122 Å². The Bertz CT molecular complexity index is 659. The predicted molar refractivity (Wildman–Crippen MR) is 82.3 cm³/mol. The van der Waals surface area contributed by atoms with Gasteiger partial charge in [0.05, 0.1) is 4.92 Å². The number of nitrogens with one attached hydrogen (secondary N) is 2. The molecule has 1 aromatic heterocycles. The number of rotatable bonds is 5. The number of anilines is 4. The van der Waals surface area contributed by atoms with Crippen LogP contribution in [0.15, 0.2) is 30.5 Å². The molecule has 2 rings (SSSR count). The Morgan fingerprint density at radius 2 is 2.10 bits per heavy atom. The standard InChI is InChI=1S/C13H16N6O2/c1-14-13-15-8-11(19(20)21)12(17-13)16-9-5-4-6-10(7-9)18(2)3/h4-8H,1-3H3,(H2,14,15,16,17). The van der Waals surface area contributed by atoms with Crippen molar-refractivity contribution in [3.8, 4) is 0 Å². The van der Waals surface area contributed by atoms with Crippen LogP contribution in [0.5, 0.6) is 0 Å². The van der Waals surface area contributed by atoms with Crippen molar-refractivity contribution < 1.29 is 4.92 Å². The van der Waals surface area contributed by atoms with Crippen LogP contribution < -0.4 is 15.5 Å². The van der Waals surface area contributed by atoms with E-state index in [-0.39, 0.29) is 11.5 Å². The molecule has 2 aromatic rings. The molecule has 0 radical (unpaired) electrons. The molecular weight excluding hydrogens is 272 g/mol. The predicted octanol–water partition coefficient (Wildman–Crippen LogP) is 2.24. The van der Waals surface area contributed by atoms with Crippen molar-refractivity contribution in [2.45, 2.75) is 0 Å². The van der Waals surface area contributed by atoms with Gasteiger partial charge in [0.25, 0.3) is 0 Å². The molecule has 1 heterocycles. The fraction of sp³-hybridized carbons (Fsp3) is 0.231. The Kier molecular flexibility index (Phi) is 4.17. The van der Waals surface area contributed by atoms with Gasteiger partial charge >= 0.3 is 5.69 Å². The number of benzene rings is 1. The number of aromatic nitrogens is 2. The lowest BCUT2D eigenvalue weighted by Gasteiger charge is -2.14. The highest BCUT2D eigenvalue weighted by atomic mass is 16.6. The van der Waals surface area contributed by atoms with Gasteiger partial charge in [-0.05, 0) is 18.2 Å². The summed E-state index contributed by atoms with van der Waals surface area (Å²) in [6, 6.07) is 7.50. The van der Waals surface area contributed by atoms with Crippen LogP contribution in [0.1, 0.15) is 0 Å². The summed E-state index contributed by atoms with van der Waals surface area (Å²) in [5.74, 6) is 0.460. The van der Waals surface area contributed by atoms with E-state index >= 15 is 0 Å². The third-order valence-corrected chi connectivity index (χ3v) is 2.82. The Morgan fingerprint density at radius 1 is 1.33 bits per heavy atom. The summed E-state index contributed by atoms with van der Waals surface area (Å²) >= 11 is 0. The van der Waals surface area contributed by atoms with Gasteiger partial charge in [0.2, 0.25) is 11.8 Å². The summed E-state index contributed by atoms with van der Waals surface area (Å²) in [5, 5.41) is 16.8. The maximum Gasteiger partial charge on any atom is 0.329 e. The minimum Gasteiger partial charge on any atom is -0.378 e. The maximum absolute atomic E-state index is 11.0. The number of hydrogen-bond acceptors (Lipinski definition) is 7. The highest BCUT2D eigenvalue weighted by Crippen LogP contribution is 2.27. The van der Waals surface area contributed by atoms with Crippen LogP contribution in [0.25, 0.3) is 0 Å². The molecule has 0 spiro atoms. The first kappa shape index (κ1) is 14.5. The second-order valence-electron chi connectivity index (χ2n) is 4.50. The Hall–Kier alpha value is -2.90. The molecule has 8 heteroatoms. The minimum absolute atomic E-state index is 0.148. The van der Waals surface area contributed by atoms with Crippen molar-refractivity contribution in [3.63, 3.8) is 0 Å². The number of nitro groups is 1. The number of nitrogens with zero attached hydrogens (tertiary/aromatic N) is 4. The van der Waals surface area contributed by atoms with E-state index in [0.717, 1.165) is 5.69 Å². The lowest BCUT2D eigenvalue weighted by Crippen LogP contribution is -2.09. The van der Waals surface area contributed by atoms with E-state index in [2.05, 4.69) is 20.6 Å². The summed E-state index contributed by atoms with van der Waals surface area (Å²) in [4.78, 5) is 20.4. The van der Waals surface area contributed by atoms with Gasteiger partial charge in [-0.25, -0.2) is 4.98 Å². The molecule has 0 aliphatic heterocycles. The summed E-state index contributed by atoms with van der Waals surface area (Å²) in [5.41, 5.74) is 1.51. The zero-order chi connectivity index (χ0) is 15.4. The van der Waals surface area contributed by atoms with Crippen molar-refractivity contribution >= 4 is 28.8 Å². The van der Waals surface area contributed by atoms with Gasteiger partial charge in [0, 0.05) is 32.5 Å². The lowest BCUT2D eigenvalue weighted by molar-refractivity contribution is -0.384. The van der Waals surface area contributed by atoms with E-state index in [4.69, 9.17) is 0 Å². The average molecular weight is 288 g/mol. The highest BCUT2D eigenvalue weighted by Gasteiger charge is 2.17. The van der Waals surface area contributed by atoms with E-state index in [1.54, 1.807) is 7.05 Å². The van der Waals surface area contributed by atoms with Crippen molar-refractivity contribution in [2.75, 3.05) is 36.7 Å². The normalized spacial score (nSPS) is 10.0. The zero-order valence-corrected chi connectivity index (χ0v) is 12.0. The van der Waals surface area contributed by atoms with Crippen LogP contribution >= 0.6 is 0 Å². The summed E-state index contributed by atoms with van der Waals surface area (Å²) in [7, 11) is 5.49. The molecule has 0 saturated heterocycles. The molecule has 110 valence electrons. The van der Waals surface area contributed by atoms with Crippen LogP contribution in [-0.4, -0.2) is 36.0 Å². The SMILES string of the molecule is CNc1ncc([N+](=O)[O-])c(Nc2cccc(N(C)C)c2)n1. The van der Waals surface area contributed by atoms with Gasteiger partial charge in [0.15, 0.2) is 0 Å². The summed E-state index contributed by atoms with van der Waals surface area (Å²) in [6.07, 6.45) is 1.18. The van der Waals surface area contributed by atoms with Gasteiger partial charge in [-0.2, -0.15) is 4.98 Å². The van der Waals surface area contributed by atoms with Gasteiger partial charge < -0.3 is 15.5 Å². The van der Waals surface area contributed by atoms with Crippen molar-refractivity contribution in [3.05, 3.63) is 40.6 Å². The molecule has 8 nitrogen and oxygen atoms in total. The molecule has 21 heavy (non-hydrogen) atoms. The average Bonchev–Trinajstić information content (AvgIpc) is 2.47. The monoisotopic (exact) mass is 288 g/mol. The van der Waals surface area contributed by atoms with E-state index in [9.17, 15) is 10.1 Å². The topological polar surface area (TPSA) is 96.2 Å². The summed E-state index contributed by atoms with van der Waals surface area (Å²) in [6.45, 7) is 0. The third kappa shape index (κ3) is 3.35. The first-order valence-electron chi connectivity index (χ1n) is 6.25. The second kappa shape index (κ2) is 6.04. The Balaban J connectivity index is 2.38. The zero-order valence-electron chi connectivity index (χ0n) is 12.0. The van der Waals surface area contributed by atoms with E-state index < -0.39 is 4.92 Å². The van der Waals surface area contributed by atoms with Crippen molar-refractivity contribution in [2.24, 2.45) is 0 Å². The smallest absolute Gasteiger partial charge is 0.329 e. The van der Waals surface area contributed by atoms with Gasteiger partial charge in [-0.1, -0.05) is 6.07 Å². The van der Waals surface area contributed by atoms with E-state index in [1.807, 2.05) is 43.3 Å². The molecular formula is C13H16N6O2. The lowest BCUT2D eigenvalue weighted by atomic mass is 10.2. The quantitative estimate of drug-likeness (QED) is 0.643. The van der Waals surface area contributed by atoms with Crippen LogP contribution in [0.2, 0.25) is 0 Å². The fourth-order valence-electron chi connectivity index (χ4n) is 1.72. The third-order valence-electron chi connectivity index (χ3n) is 2.82. The van der Waals surface area contributed by atoms with E-state index in [1.165, 1.54) is 6.20 Å². The van der Waals surface area contributed by atoms with Gasteiger partial charge in [0.1, 0.15) is 6.20 Å². The maximum atomic E-state index is 11.0. The molecule has 0 amide bonds. The second-order valence-corrected chi connectivity index (χ2v) is 4.50. The minimum atomic E-state index is -0.516. The van der Waals surface area contributed by atoms with Crippen LogP contribution in [0, 0.1) is 10.1 Å². The summed E-state index contributed by atoms with van der Waals surface area (Å²) < 4.78 is 0. The number of hydrogen-bond donors (Lipinski definition) is 2. The van der Waals surface area contributed by atoms with Crippen LogP contribution in [0.3, 0.4) is 0 Å². The largest absolute Gasteiger partial charge is 0.378 e. The molecule has 0 atom stereocenters. The van der Waals surface area contributed by atoms with Crippen molar-refractivity contribution in [1.29, 1.82) is 0 Å². The molecule has 0 unspecified atom stereocenters. The molecule has 2 N–H and O–H groups in total. The van der Waals surface area contributed by atoms with E-state index in [0.29, 0.717) is 11.6 Å². The molecule has 0 aliphatic carbocycles. The molecule has 0 fully saturated rings. The Morgan fingerprint density at radius 3 is 2.71 bits per heavy atom. The van der Waals surface area contributed by atoms with Gasteiger partial charge in [-0.3, -0.25) is 10.1 Å². The van der Waals surface area contributed by atoms with Crippen LogP contribution in [-0.2, 0) is 0 Å². The van der Waals surface area contributed by atoms with Crippen molar-refractivity contribution in [1.82, 2.24) is 9.97 Å². The van der Waals surface area contributed by atoms with Crippen LogP contribution in [0.4, 0.5) is 28.8 Å². The molecule has 0 saturated carbocycles. The molecule has 0 bridgehead atoms. The first-order chi connectivity index (χ1) is 10.0. The highest BCUT2D eigenvalue weighted by molar-refractivity contribution is 5.68. The molecule has 1 aromatic carbocycles. The fourth-order valence-corrected chi connectivity index (χ4v) is 1.72. The molecule has 0 aliphatic rings. The first-order valence-corrected chi connectivity index (χ1v) is 6.25. The van der Waals surface area contributed by atoms with Gasteiger partial charge in [-0.15, -0.1) is 0 Å².